The Morgan fingerprint density at radius 2 is 1.88 bits per heavy atom. The first-order chi connectivity index (χ1) is 11.6. The molecule has 0 saturated heterocycles. The molecule has 0 aliphatic heterocycles. The summed E-state index contributed by atoms with van der Waals surface area (Å²) in [6.07, 6.45) is 0. The first-order valence-corrected chi connectivity index (χ1v) is 7.51. The highest BCUT2D eigenvalue weighted by Gasteiger charge is 2.09. The van der Waals surface area contributed by atoms with Gasteiger partial charge in [0.15, 0.2) is 0 Å². The molecule has 7 heteroatoms. The normalized spacial score (nSPS) is 10.6. The molecule has 122 valence electrons. The second kappa shape index (κ2) is 6.49. The number of fused-ring (bicyclic) bond motifs is 1. The molecule has 0 fully saturated rings. The van der Waals surface area contributed by atoms with Gasteiger partial charge in [-0.1, -0.05) is 24.3 Å². The molecule has 2 N–H and O–H groups in total. The molecule has 7 nitrogen and oxygen atoms in total. The monoisotopic (exact) mass is 323 g/mol. The van der Waals surface area contributed by atoms with Crippen molar-refractivity contribution in [1.29, 1.82) is 0 Å². The number of aromatic nitrogens is 2. The number of para-hydroxylation sites is 1. The average molecular weight is 323 g/mol. The summed E-state index contributed by atoms with van der Waals surface area (Å²) in [4.78, 5) is 19.3. The number of nitro groups is 1. The van der Waals surface area contributed by atoms with Crippen molar-refractivity contribution >= 4 is 28.4 Å². The van der Waals surface area contributed by atoms with Crippen LogP contribution in [0.5, 0.6) is 0 Å². The predicted octanol–water partition coefficient (Wildman–Crippen LogP) is 3.50. The van der Waals surface area contributed by atoms with Crippen molar-refractivity contribution in [3.05, 3.63) is 63.7 Å². The van der Waals surface area contributed by atoms with Gasteiger partial charge in [-0.2, -0.15) is 4.98 Å². The quantitative estimate of drug-likeness (QED) is 0.551. The van der Waals surface area contributed by atoms with Gasteiger partial charge in [0.25, 0.3) is 5.69 Å². The van der Waals surface area contributed by atoms with Crippen LogP contribution in [-0.4, -0.2) is 21.9 Å². The van der Waals surface area contributed by atoms with Gasteiger partial charge in [0.05, 0.1) is 10.4 Å². The summed E-state index contributed by atoms with van der Waals surface area (Å²) in [5, 5.41) is 17.9. The molecule has 0 radical (unpaired) electrons. The minimum Gasteiger partial charge on any atom is -0.365 e. The Balaban J connectivity index is 1.89. The molecule has 0 spiro atoms. The molecular weight excluding hydrogens is 306 g/mol. The van der Waals surface area contributed by atoms with Crippen molar-refractivity contribution in [2.24, 2.45) is 0 Å². The fourth-order valence-electron chi connectivity index (χ4n) is 2.46. The van der Waals surface area contributed by atoms with Crippen LogP contribution in [0.2, 0.25) is 0 Å². The van der Waals surface area contributed by atoms with E-state index in [0.29, 0.717) is 12.5 Å². The number of aryl methyl sites for hydroxylation is 1. The number of hydrogen-bond donors (Lipinski definition) is 2. The maximum atomic E-state index is 10.7. The van der Waals surface area contributed by atoms with Crippen LogP contribution < -0.4 is 10.6 Å². The molecule has 2 aromatic carbocycles. The van der Waals surface area contributed by atoms with Crippen LogP contribution in [0, 0.1) is 17.0 Å². The third-order valence-electron chi connectivity index (χ3n) is 3.76. The lowest BCUT2D eigenvalue weighted by Gasteiger charge is -2.12. The number of rotatable bonds is 5. The first kappa shape index (κ1) is 15.7. The number of anilines is 2. The summed E-state index contributed by atoms with van der Waals surface area (Å²) in [7, 11) is 1.78. The maximum absolute atomic E-state index is 10.7. The van der Waals surface area contributed by atoms with E-state index in [9.17, 15) is 10.1 Å². The van der Waals surface area contributed by atoms with Crippen LogP contribution in [0.3, 0.4) is 0 Å². The van der Waals surface area contributed by atoms with Gasteiger partial charge in [0, 0.05) is 31.1 Å². The summed E-state index contributed by atoms with van der Waals surface area (Å²) in [5.41, 5.74) is 2.98. The predicted molar refractivity (Wildman–Crippen MR) is 94.2 cm³/mol. The molecule has 0 amide bonds. The van der Waals surface area contributed by atoms with Crippen molar-refractivity contribution in [2.45, 2.75) is 13.5 Å². The molecule has 0 aliphatic rings. The molecule has 1 aromatic heterocycles. The first-order valence-electron chi connectivity index (χ1n) is 7.51. The zero-order chi connectivity index (χ0) is 17.1. The third kappa shape index (κ3) is 3.10. The van der Waals surface area contributed by atoms with E-state index in [0.717, 1.165) is 27.8 Å². The van der Waals surface area contributed by atoms with Crippen molar-refractivity contribution < 1.29 is 4.92 Å². The van der Waals surface area contributed by atoms with Crippen LogP contribution >= 0.6 is 0 Å². The summed E-state index contributed by atoms with van der Waals surface area (Å²) in [6.45, 7) is 2.52. The fourth-order valence-corrected chi connectivity index (χ4v) is 2.46. The van der Waals surface area contributed by atoms with Crippen molar-refractivity contribution in [3.8, 4) is 0 Å². The van der Waals surface area contributed by atoms with Crippen molar-refractivity contribution in [3.63, 3.8) is 0 Å². The van der Waals surface area contributed by atoms with Gasteiger partial charge in [0.2, 0.25) is 5.95 Å². The van der Waals surface area contributed by atoms with Gasteiger partial charge in [-0.3, -0.25) is 10.1 Å². The van der Waals surface area contributed by atoms with Crippen LogP contribution in [0.15, 0.2) is 42.5 Å². The second-order valence-corrected chi connectivity index (χ2v) is 5.39. The highest BCUT2D eigenvalue weighted by Crippen LogP contribution is 2.25. The summed E-state index contributed by atoms with van der Waals surface area (Å²) in [6, 6.07) is 12.4. The largest absolute Gasteiger partial charge is 0.365 e. The lowest BCUT2D eigenvalue weighted by Crippen LogP contribution is -2.06. The van der Waals surface area contributed by atoms with Crippen LogP contribution in [0.1, 0.15) is 11.1 Å². The van der Waals surface area contributed by atoms with Crippen molar-refractivity contribution in [1.82, 2.24) is 9.97 Å². The second-order valence-electron chi connectivity index (χ2n) is 5.39. The minimum absolute atomic E-state index is 0.0827. The maximum Gasteiger partial charge on any atom is 0.269 e. The standard InChI is InChI=1S/C17H17N5O2/c1-11-4-3-5-14-15(11)20-17(18-2)21-16(14)19-10-12-6-8-13(9-7-12)22(23)24/h3-9H,10H2,1-2H3,(H2,18,19,20,21). The van der Waals surface area contributed by atoms with Crippen LogP contribution in [-0.2, 0) is 6.54 Å². The minimum atomic E-state index is -0.406. The Labute approximate surface area is 138 Å². The molecule has 0 atom stereocenters. The number of nitrogens with one attached hydrogen (secondary N) is 2. The van der Waals surface area contributed by atoms with Gasteiger partial charge in [-0.05, 0) is 24.1 Å². The zero-order valence-electron chi connectivity index (χ0n) is 13.4. The Morgan fingerprint density at radius 1 is 1.12 bits per heavy atom. The molecule has 3 rings (SSSR count). The Kier molecular flexibility index (Phi) is 4.24. The Hall–Kier alpha value is -3.22. The lowest BCUT2D eigenvalue weighted by molar-refractivity contribution is -0.384. The van der Waals surface area contributed by atoms with Crippen LogP contribution in [0.4, 0.5) is 17.5 Å². The Bertz CT molecular complexity index is 893. The highest BCUT2D eigenvalue weighted by atomic mass is 16.6. The van der Waals surface area contributed by atoms with E-state index in [2.05, 4.69) is 20.6 Å². The number of nitrogens with zero attached hydrogens (tertiary/aromatic N) is 3. The lowest BCUT2D eigenvalue weighted by atomic mass is 10.1. The topological polar surface area (TPSA) is 93.0 Å². The van der Waals surface area contributed by atoms with Gasteiger partial charge < -0.3 is 10.6 Å². The van der Waals surface area contributed by atoms with Gasteiger partial charge >= 0.3 is 0 Å². The third-order valence-corrected chi connectivity index (χ3v) is 3.76. The Morgan fingerprint density at radius 3 is 2.54 bits per heavy atom. The van der Waals surface area contributed by atoms with E-state index in [1.807, 2.05) is 25.1 Å². The average Bonchev–Trinajstić information content (AvgIpc) is 2.60. The van der Waals surface area contributed by atoms with E-state index >= 15 is 0 Å². The molecule has 1 heterocycles. The molecule has 0 aliphatic carbocycles. The van der Waals surface area contributed by atoms with Crippen LogP contribution in [0.25, 0.3) is 10.9 Å². The number of non-ortho nitro benzene ring substituents is 1. The molecular formula is C17H17N5O2. The van der Waals surface area contributed by atoms with E-state index in [4.69, 9.17) is 0 Å². The van der Waals surface area contributed by atoms with E-state index in [1.165, 1.54) is 12.1 Å². The SMILES string of the molecule is CNc1nc(NCc2ccc([N+](=O)[O-])cc2)c2cccc(C)c2n1. The van der Waals surface area contributed by atoms with Gasteiger partial charge in [-0.15, -0.1) is 0 Å². The molecule has 0 bridgehead atoms. The van der Waals surface area contributed by atoms with Gasteiger partial charge in [0.1, 0.15) is 5.82 Å². The van der Waals surface area contributed by atoms with Gasteiger partial charge in [-0.25, -0.2) is 4.98 Å². The molecule has 24 heavy (non-hydrogen) atoms. The number of hydrogen-bond acceptors (Lipinski definition) is 6. The van der Waals surface area contributed by atoms with Crippen molar-refractivity contribution in [2.75, 3.05) is 17.7 Å². The molecule has 0 saturated carbocycles. The van der Waals surface area contributed by atoms with E-state index in [-0.39, 0.29) is 5.69 Å². The molecule has 0 unspecified atom stereocenters. The number of nitro benzene ring substituents is 1. The zero-order valence-corrected chi connectivity index (χ0v) is 13.4. The summed E-state index contributed by atoms with van der Waals surface area (Å²) < 4.78 is 0. The van der Waals surface area contributed by atoms with E-state index in [1.54, 1.807) is 19.2 Å². The number of benzene rings is 2. The molecule has 3 aromatic rings. The highest BCUT2D eigenvalue weighted by molar-refractivity contribution is 5.92. The van der Waals surface area contributed by atoms with E-state index < -0.39 is 4.92 Å². The summed E-state index contributed by atoms with van der Waals surface area (Å²) >= 11 is 0. The fraction of sp³-hybridized carbons (Fsp3) is 0.176. The smallest absolute Gasteiger partial charge is 0.269 e. The summed E-state index contributed by atoms with van der Waals surface area (Å²) in [5.74, 6) is 1.27.